The summed E-state index contributed by atoms with van der Waals surface area (Å²) in [5, 5.41) is 17.9. The fourth-order valence-corrected chi connectivity index (χ4v) is 2.54. The molecule has 0 aromatic carbocycles. The summed E-state index contributed by atoms with van der Waals surface area (Å²) in [6.07, 6.45) is 7.52. The van der Waals surface area contributed by atoms with E-state index in [0.29, 0.717) is 28.3 Å². The predicted molar refractivity (Wildman–Crippen MR) is 108 cm³/mol. The summed E-state index contributed by atoms with van der Waals surface area (Å²) >= 11 is 0. The fraction of sp³-hybridized carbons (Fsp3) is 0. The maximum absolute atomic E-state index is 11.2. The number of aliphatic carboxylic acids is 1. The van der Waals surface area contributed by atoms with Crippen molar-refractivity contribution in [1.82, 2.24) is 15.0 Å². The number of rotatable bonds is 5. The van der Waals surface area contributed by atoms with E-state index in [1.54, 1.807) is 54.9 Å². The second-order valence-corrected chi connectivity index (χ2v) is 5.77. The van der Waals surface area contributed by atoms with Crippen LogP contribution in [-0.2, 0) is 4.79 Å². The normalized spacial score (nSPS) is 11.0. The maximum atomic E-state index is 11.2. The van der Waals surface area contributed by atoms with Crippen LogP contribution in [0.15, 0.2) is 66.6 Å². The van der Waals surface area contributed by atoms with E-state index in [-0.39, 0.29) is 0 Å². The number of aromatic nitrogens is 3. The minimum atomic E-state index is -1.31. The average Bonchev–Trinajstić information content (AvgIpc) is 2.76. The molecule has 138 valence electrons. The van der Waals surface area contributed by atoms with Gasteiger partial charge in [-0.1, -0.05) is 6.07 Å². The highest BCUT2D eigenvalue weighted by molar-refractivity contribution is 5.94. The number of carbonyl (C=O) groups is 1. The van der Waals surface area contributed by atoms with Gasteiger partial charge in [0.25, 0.3) is 5.70 Å². The fourth-order valence-electron chi connectivity index (χ4n) is 2.54. The molecule has 0 amide bonds. The third kappa shape index (κ3) is 4.76. The largest absolute Gasteiger partial charge is 0.486 e. The Kier molecular flexibility index (Phi) is 5.84. The smallest absolute Gasteiger partial charge is 0.333 e. The molecule has 0 bridgehead atoms. The first kappa shape index (κ1) is 19.2. The highest BCUT2D eigenvalue weighted by Crippen LogP contribution is 2.25. The lowest BCUT2D eigenvalue weighted by atomic mass is 10.1. The number of carboxylic acids is 1. The van der Waals surface area contributed by atoms with Crippen molar-refractivity contribution < 1.29 is 9.90 Å². The Labute approximate surface area is 166 Å². The van der Waals surface area contributed by atoms with E-state index in [1.807, 2.05) is 12.1 Å². The molecule has 0 aliphatic rings. The Bertz CT molecular complexity index is 1200. The van der Waals surface area contributed by atoms with Crippen molar-refractivity contribution >= 4 is 18.1 Å². The highest BCUT2D eigenvalue weighted by atomic mass is 16.4. The zero-order chi connectivity index (χ0) is 20.6. The first-order valence-corrected chi connectivity index (χ1v) is 8.39. The van der Waals surface area contributed by atoms with E-state index in [1.165, 1.54) is 12.2 Å². The minimum Gasteiger partial charge on any atom is -0.486 e. The van der Waals surface area contributed by atoms with Crippen molar-refractivity contribution in [1.29, 1.82) is 5.26 Å². The molecule has 29 heavy (non-hydrogen) atoms. The van der Waals surface area contributed by atoms with Crippen LogP contribution >= 0.6 is 0 Å². The molecule has 0 spiro atoms. The van der Waals surface area contributed by atoms with Crippen LogP contribution in [-0.4, -0.2) is 26.0 Å². The Morgan fingerprint density at radius 2 is 1.76 bits per heavy atom. The van der Waals surface area contributed by atoms with Crippen molar-refractivity contribution in [2.75, 3.05) is 0 Å². The molecule has 3 aromatic rings. The van der Waals surface area contributed by atoms with Crippen LogP contribution in [0, 0.1) is 17.9 Å². The molecule has 0 fully saturated rings. The summed E-state index contributed by atoms with van der Waals surface area (Å²) < 4.78 is 0. The van der Waals surface area contributed by atoms with Crippen LogP contribution < -0.4 is 0 Å². The molecule has 0 saturated carbocycles. The topological polar surface area (TPSA) is 104 Å². The Morgan fingerprint density at radius 1 is 1.03 bits per heavy atom. The third-order valence-electron chi connectivity index (χ3n) is 3.81. The molecule has 0 unspecified atom stereocenters. The molecule has 3 aromatic heterocycles. The number of hydrogen-bond acceptors (Lipinski definition) is 5. The van der Waals surface area contributed by atoms with E-state index in [9.17, 15) is 4.79 Å². The molecule has 0 radical (unpaired) electrons. The third-order valence-corrected chi connectivity index (χ3v) is 3.81. The van der Waals surface area contributed by atoms with Crippen LogP contribution in [0.2, 0.25) is 0 Å². The van der Waals surface area contributed by atoms with Crippen LogP contribution in [0.3, 0.4) is 0 Å². The summed E-state index contributed by atoms with van der Waals surface area (Å²) in [7, 11) is 0. The summed E-state index contributed by atoms with van der Waals surface area (Å²) in [5.74, 6) is -1.31. The highest BCUT2D eigenvalue weighted by Gasteiger charge is 2.11. The summed E-state index contributed by atoms with van der Waals surface area (Å²) in [6.45, 7) is 7.07. The van der Waals surface area contributed by atoms with Crippen molar-refractivity contribution in [2.45, 2.75) is 0 Å². The van der Waals surface area contributed by atoms with Crippen molar-refractivity contribution in [3.05, 3.63) is 89.2 Å². The standard InChI is InChI=1S/C22H13N5O2/c1-24-21(22(28)29)14-16-12-19(17-6-2-3-9-25-17)27-20(13-16)18-11-15(5-4-8-23)7-10-26-18/h2-7,9-14H,(H,28,29)/b5-4-,21-14-. The van der Waals surface area contributed by atoms with Crippen LogP contribution in [0.4, 0.5) is 0 Å². The molecule has 7 heteroatoms. The SMILES string of the molecule is [C-]#[N+]/C(=C\c1cc(-c2ccccn2)nc(-c2cc(/C=C\C#N)ccn2)c1)C(=O)O. The molecular weight excluding hydrogens is 366 g/mol. The second kappa shape index (κ2) is 8.85. The Balaban J connectivity index is 2.18. The first-order chi connectivity index (χ1) is 14.1. The summed E-state index contributed by atoms with van der Waals surface area (Å²) in [6, 6.07) is 14.2. The second-order valence-electron chi connectivity index (χ2n) is 5.77. The van der Waals surface area contributed by atoms with E-state index >= 15 is 0 Å². The van der Waals surface area contributed by atoms with Crippen molar-refractivity contribution in [2.24, 2.45) is 0 Å². The lowest BCUT2D eigenvalue weighted by Gasteiger charge is -2.08. The van der Waals surface area contributed by atoms with Crippen molar-refractivity contribution in [3.8, 4) is 28.8 Å². The van der Waals surface area contributed by atoms with Gasteiger partial charge in [0.1, 0.15) is 0 Å². The van der Waals surface area contributed by atoms with Gasteiger partial charge in [-0.25, -0.2) is 9.83 Å². The number of hydrogen-bond donors (Lipinski definition) is 1. The van der Waals surface area contributed by atoms with Gasteiger partial charge in [0.15, 0.2) is 0 Å². The predicted octanol–water partition coefficient (Wildman–Crippen LogP) is 4.09. The van der Waals surface area contributed by atoms with Gasteiger partial charge >= 0.3 is 5.97 Å². The van der Waals surface area contributed by atoms with E-state index < -0.39 is 11.7 Å². The molecule has 7 nitrogen and oxygen atoms in total. The minimum absolute atomic E-state index is 0.409. The van der Waals surface area contributed by atoms with Gasteiger partial charge in [0, 0.05) is 18.5 Å². The Morgan fingerprint density at radius 3 is 2.41 bits per heavy atom. The molecule has 3 heterocycles. The van der Waals surface area contributed by atoms with Crippen LogP contribution in [0.25, 0.3) is 39.8 Å². The first-order valence-electron chi connectivity index (χ1n) is 8.39. The Hall–Kier alpha value is -4.62. The monoisotopic (exact) mass is 379 g/mol. The summed E-state index contributed by atoms with van der Waals surface area (Å²) in [5.41, 5.74) is 2.99. The maximum Gasteiger partial charge on any atom is 0.333 e. The summed E-state index contributed by atoms with van der Waals surface area (Å²) in [4.78, 5) is 27.5. The average molecular weight is 379 g/mol. The van der Waals surface area contributed by atoms with E-state index in [0.717, 1.165) is 5.56 Å². The van der Waals surface area contributed by atoms with Gasteiger partial charge in [-0.15, -0.1) is 0 Å². The van der Waals surface area contributed by atoms with Gasteiger partial charge < -0.3 is 5.11 Å². The molecule has 0 aliphatic heterocycles. The molecule has 0 aliphatic carbocycles. The molecule has 0 saturated heterocycles. The van der Waals surface area contributed by atoms with Crippen LogP contribution in [0.1, 0.15) is 11.1 Å². The number of nitriles is 1. The molecular formula is C22H13N5O2. The quantitative estimate of drug-likeness (QED) is 0.407. The number of nitrogens with zero attached hydrogens (tertiary/aromatic N) is 5. The van der Waals surface area contributed by atoms with Gasteiger partial charge in [0.2, 0.25) is 0 Å². The zero-order valence-corrected chi connectivity index (χ0v) is 15.0. The number of pyridine rings is 3. The lowest BCUT2D eigenvalue weighted by Crippen LogP contribution is -1.97. The molecule has 3 rings (SSSR count). The van der Waals surface area contributed by atoms with Crippen molar-refractivity contribution in [3.63, 3.8) is 0 Å². The number of carboxylic acid groups (broad SMARTS) is 1. The lowest BCUT2D eigenvalue weighted by molar-refractivity contribution is -0.132. The van der Waals surface area contributed by atoms with Gasteiger partial charge in [0.05, 0.1) is 35.4 Å². The molecule has 0 atom stereocenters. The molecule has 1 N–H and O–H groups in total. The zero-order valence-electron chi connectivity index (χ0n) is 15.0. The van der Waals surface area contributed by atoms with Gasteiger partial charge in [-0.2, -0.15) is 5.26 Å². The van der Waals surface area contributed by atoms with Gasteiger partial charge in [-0.3, -0.25) is 14.8 Å². The van der Waals surface area contributed by atoms with E-state index in [2.05, 4.69) is 19.8 Å². The van der Waals surface area contributed by atoms with Crippen LogP contribution in [0.5, 0.6) is 0 Å². The van der Waals surface area contributed by atoms with Gasteiger partial charge in [-0.05, 0) is 59.7 Å². The van der Waals surface area contributed by atoms with E-state index in [4.69, 9.17) is 16.9 Å². The number of allylic oxidation sites excluding steroid dienone is 1.